The van der Waals surface area contributed by atoms with Gasteiger partial charge < -0.3 is 9.47 Å². The molecule has 2 heteroatoms. The summed E-state index contributed by atoms with van der Waals surface area (Å²) < 4.78 is 2.38. The summed E-state index contributed by atoms with van der Waals surface area (Å²) in [4.78, 5) is 2.55. The maximum absolute atomic E-state index is 2.55. The number of aromatic nitrogens is 1. The highest BCUT2D eigenvalue weighted by Gasteiger charge is 2.44. The minimum atomic E-state index is -0.0384. The van der Waals surface area contributed by atoms with Gasteiger partial charge in [0.2, 0.25) is 0 Å². The molecule has 7 aromatic carbocycles. The molecule has 0 N–H and O–H groups in total. The number of rotatable bonds is 6. The second-order valence-corrected chi connectivity index (χ2v) is 15.4. The average molecular weight is 695 g/mol. The predicted molar refractivity (Wildman–Crippen MR) is 229 cm³/mol. The monoisotopic (exact) mass is 694 g/mol. The molecule has 54 heavy (non-hydrogen) atoms. The highest BCUT2D eigenvalue weighted by Crippen LogP contribution is 2.53. The van der Waals surface area contributed by atoms with Crippen molar-refractivity contribution in [2.24, 2.45) is 5.92 Å². The molecule has 0 radical (unpaired) electrons. The van der Waals surface area contributed by atoms with Crippen molar-refractivity contribution in [2.75, 3.05) is 4.90 Å². The molecular formula is C52H42N2. The maximum Gasteiger partial charge on any atom is 0.0588 e. The van der Waals surface area contributed by atoms with Crippen LogP contribution in [-0.4, -0.2) is 10.6 Å². The second kappa shape index (κ2) is 12.6. The lowest BCUT2D eigenvalue weighted by atomic mass is 9.72. The van der Waals surface area contributed by atoms with Crippen molar-refractivity contribution in [2.45, 2.75) is 32.2 Å². The van der Waals surface area contributed by atoms with Crippen LogP contribution >= 0.6 is 0 Å². The van der Waals surface area contributed by atoms with Crippen LogP contribution in [0.15, 0.2) is 194 Å². The van der Waals surface area contributed by atoms with E-state index in [1.165, 1.54) is 83.4 Å². The molecular weight excluding hydrogens is 653 g/mol. The summed E-state index contributed by atoms with van der Waals surface area (Å²) in [7, 11) is 0. The Kier molecular flexibility index (Phi) is 7.56. The van der Waals surface area contributed by atoms with E-state index >= 15 is 0 Å². The van der Waals surface area contributed by atoms with E-state index in [9.17, 15) is 0 Å². The summed E-state index contributed by atoms with van der Waals surface area (Å²) >= 11 is 0. The lowest BCUT2D eigenvalue weighted by molar-refractivity contribution is 0.488. The molecule has 2 atom stereocenters. The standard InChI is InChI=1S/C52H42N2/c1-35-48(33-31-45-43-18-10-12-20-47(43)52(2,3)51(35)45)53(41-27-22-37(23-28-41)36-14-6-4-7-15-36)42-29-24-38(25-30-42)39-26-32-50-46(34-39)44-19-11-13-21-49(44)54(50)40-16-8-5-9-17-40/h4-35,48H,1-3H3. The van der Waals surface area contributed by atoms with E-state index in [4.69, 9.17) is 0 Å². The van der Waals surface area contributed by atoms with Crippen LogP contribution in [0.25, 0.3) is 55.3 Å². The minimum absolute atomic E-state index is 0.0384. The zero-order valence-electron chi connectivity index (χ0n) is 30.9. The molecule has 0 amide bonds. The summed E-state index contributed by atoms with van der Waals surface area (Å²) in [5, 5.41) is 2.53. The first kappa shape index (κ1) is 32.3. The van der Waals surface area contributed by atoms with Gasteiger partial charge in [0, 0.05) is 39.2 Å². The fourth-order valence-electron chi connectivity index (χ4n) is 9.49. The van der Waals surface area contributed by atoms with E-state index in [0.29, 0.717) is 5.92 Å². The Morgan fingerprint density at radius 3 is 1.80 bits per heavy atom. The highest BCUT2D eigenvalue weighted by atomic mass is 15.2. The summed E-state index contributed by atoms with van der Waals surface area (Å²) in [6.45, 7) is 7.24. The number of allylic oxidation sites excluding steroid dienone is 2. The third-order valence-corrected chi connectivity index (χ3v) is 12.0. The van der Waals surface area contributed by atoms with E-state index in [1.807, 2.05) is 0 Å². The first-order valence-electron chi connectivity index (χ1n) is 19.1. The van der Waals surface area contributed by atoms with Crippen molar-refractivity contribution in [3.8, 4) is 27.9 Å². The molecule has 2 aliphatic rings. The molecule has 1 aromatic heterocycles. The Hall–Kier alpha value is -6.38. The van der Waals surface area contributed by atoms with Gasteiger partial charge in [0.25, 0.3) is 0 Å². The summed E-state index contributed by atoms with van der Waals surface area (Å²) in [5.41, 5.74) is 16.6. The third-order valence-electron chi connectivity index (χ3n) is 12.0. The second-order valence-electron chi connectivity index (χ2n) is 15.4. The number of nitrogens with zero attached hydrogens (tertiary/aromatic N) is 2. The van der Waals surface area contributed by atoms with Gasteiger partial charge in [0.05, 0.1) is 17.1 Å². The molecule has 0 bridgehead atoms. The fraction of sp³-hybridized carbons (Fsp3) is 0.115. The van der Waals surface area contributed by atoms with Crippen LogP contribution in [0.4, 0.5) is 11.4 Å². The van der Waals surface area contributed by atoms with Gasteiger partial charge in [-0.1, -0.05) is 154 Å². The molecule has 8 aromatic rings. The molecule has 0 aliphatic heterocycles. The zero-order valence-corrected chi connectivity index (χ0v) is 30.9. The molecule has 2 unspecified atom stereocenters. The molecule has 10 rings (SSSR count). The van der Waals surface area contributed by atoms with Crippen LogP contribution in [0.2, 0.25) is 0 Å². The quantitative estimate of drug-likeness (QED) is 0.168. The topological polar surface area (TPSA) is 8.17 Å². The normalized spacial score (nSPS) is 17.2. The number of benzene rings is 7. The first-order chi connectivity index (χ1) is 26.5. The average Bonchev–Trinajstić information content (AvgIpc) is 3.68. The van der Waals surface area contributed by atoms with E-state index < -0.39 is 0 Å². The van der Waals surface area contributed by atoms with Crippen molar-refractivity contribution in [3.05, 3.63) is 205 Å². The van der Waals surface area contributed by atoms with Gasteiger partial charge in [-0.15, -0.1) is 0 Å². The Morgan fingerprint density at radius 2 is 1.07 bits per heavy atom. The van der Waals surface area contributed by atoms with E-state index in [0.717, 1.165) is 0 Å². The summed E-state index contributed by atoms with van der Waals surface area (Å²) in [6.07, 6.45) is 4.84. The van der Waals surface area contributed by atoms with Crippen molar-refractivity contribution < 1.29 is 0 Å². The van der Waals surface area contributed by atoms with E-state index in [-0.39, 0.29) is 11.5 Å². The molecule has 260 valence electrons. The SMILES string of the molecule is CC1C2=C(C=CC1N(c1ccc(-c3ccccc3)cc1)c1ccc(-c3ccc4c(c3)c3ccccc3n4-c3ccccc3)cc1)c1ccccc1C2(C)C. The van der Waals surface area contributed by atoms with Crippen LogP contribution in [-0.2, 0) is 5.41 Å². The smallest absolute Gasteiger partial charge is 0.0588 e. The van der Waals surface area contributed by atoms with Gasteiger partial charge in [-0.05, 0) is 99.1 Å². The van der Waals surface area contributed by atoms with Gasteiger partial charge in [0.15, 0.2) is 0 Å². The fourth-order valence-corrected chi connectivity index (χ4v) is 9.49. The van der Waals surface area contributed by atoms with Crippen LogP contribution in [0.3, 0.4) is 0 Å². The predicted octanol–water partition coefficient (Wildman–Crippen LogP) is 13.6. The minimum Gasteiger partial charge on any atom is -0.334 e. The molecule has 0 spiro atoms. The van der Waals surface area contributed by atoms with Crippen LogP contribution in [0.1, 0.15) is 31.9 Å². The number of fused-ring (bicyclic) bond motifs is 5. The lowest BCUT2D eigenvalue weighted by Gasteiger charge is -2.41. The Labute approximate surface area is 318 Å². The van der Waals surface area contributed by atoms with Crippen molar-refractivity contribution in [1.29, 1.82) is 0 Å². The molecule has 0 fully saturated rings. The molecule has 0 saturated heterocycles. The Bertz CT molecular complexity index is 2730. The lowest BCUT2D eigenvalue weighted by Crippen LogP contribution is -2.40. The van der Waals surface area contributed by atoms with Gasteiger partial charge in [0.1, 0.15) is 0 Å². The zero-order chi connectivity index (χ0) is 36.4. The van der Waals surface area contributed by atoms with E-state index in [1.54, 1.807) is 0 Å². The van der Waals surface area contributed by atoms with Crippen molar-refractivity contribution in [1.82, 2.24) is 4.57 Å². The number of para-hydroxylation sites is 2. The molecule has 2 nitrogen and oxygen atoms in total. The van der Waals surface area contributed by atoms with Gasteiger partial charge in [-0.25, -0.2) is 0 Å². The van der Waals surface area contributed by atoms with Gasteiger partial charge >= 0.3 is 0 Å². The first-order valence-corrected chi connectivity index (χ1v) is 19.1. The van der Waals surface area contributed by atoms with Gasteiger partial charge in [-0.3, -0.25) is 0 Å². The van der Waals surface area contributed by atoms with Crippen LogP contribution < -0.4 is 4.90 Å². The number of anilines is 2. The Balaban J connectivity index is 1.05. The van der Waals surface area contributed by atoms with Crippen molar-refractivity contribution in [3.63, 3.8) is 0 Å². The third kappa shape index (κ3) is 5.09. The highest BCUT2D eigenvalue weighted by molar-refractivity contribution is 6.10. The largest absolute Gasteiger partial charge is 0.334 e. The van der Waals surface area contributed by atoms with Crippen LogP contribution in [0.5, 0.6) is 0 Å². The van der Waals surface area contributed by atoms with E-state index in [2.05, 4.69) is 218 Å². The number of hydrogen-bond donors (Lipinski definition) is 0. The maximum atomic E-state index is 2.55. The van der Waals surface area contributed by atoms with Crippen molar-refractivity contribution >= 4 is 38.8 Å². The Morgan fingerprint density at radius 1 is 0.519 bits per heavy atom. The number of hydrogen-bond acceptors (Lipinski definition) is 1. The molecule has 1 heterocycles. The molecule has 2 aliphatic carbocycles. The van der Waals surface area contributed by atoms with Crippen LogP contribution in [0, 0.1) is 5.92 Å². The van der Waals surface area contributed by atoms with Gasteiger partial charge in [-0.2, -0.15) is 0 Å². The summed E-state index contributed by atoms with van der Waals surface area (Å²) in [6, 6.07) is 64.5. The summed E-state index contributed by atoms with van der Waals surface area (Å²) in [5.74, 6) is 0.296. The molecule has 0 saturated carbocycles.